The number of fused-ring (bicyclic) bond motifs is 1. The van der Waals surface area contributed by atoms with E-state index in [4.69, 9.17) is 9.47 Å². The number of carbonyl (C=O) groups is 1. The zero-order chi connectivity index (χ0) is 16.8. The lowest BCUT2D eigenvalue weighted by Gasteiger charge is -2.44. The molecule has 0 aromatic rings. The van der Waals surface area contributed by atoms with Crippen molar-refractivity contribution in [3.63, 3.8) is 0 Å². The van der Waals surface area contributed by atoms with E-state index in [9.17, 15) is 15.0 Å². The molecule has 2 aliphatic carbocycles. The Hall–Kier alpha value is -0.850. The maximum absolute atomic E-state index is 11.7. The zero-order valence-corrected chi connectivity index (χ0v) is 14.3. The number of aliphatic hydroxyl groups is 1. The smallest absolute Gasteiger partial charge is 0.407 e. The Labute approximate surface area is 137 Å². The van der Waals surface area contributed by atoms with Crippen LogP contribution in [0.1, 0.15) is 46.5 Å². The molecule has 2 N–H and O–H groups in total. The minimum atomic E-state index is -0.847. The third kappa shape index (κ3) is 2.85. The third-order valence-corrected chi connectivity index (χ3v) is 5.91. The van der Waals surface area contributed by atoms with E-state index < -0.39 is 17.4 Å². The largest absolute Gasteiger partial charge is 0.465 e. The van der Waals surface area contributed by atoms with Gasteiger partial charge in [0.25, 0.3) is 0 Å². The van der Waals surface area contributed by atoms with Crippen molar-refractivity contribution in [2.75, 3.05) is 19.8 Å². The Morgan fingerprint density at radius 1 is 1.26 bits per heavy atom. The summed E-state index contributed by atoms with van der Waals surface area (Å²) in [7, 11) is 0. The fraction of sp³-hybridized carbons (Fsp3) is 0.941. The van der Waals surface area contributed by atoms with E-state index in [-0.39, 0.29) is 18.6 Å². The summed E-state index contributed by atoms with van der Waals surface area (Å²) < 4.78 is 11.8. The van der Waals surface area contributed by atoms with E-state index in [1.165, 1.54) is 0 Å². The molecule has 6 heteroatoms. The van der Waals surface area contributed by atoms with Crippen molar-refractivity contribution in [1.82, 2.24) is 4.90 Å². The van der Waals surface area contributed by atoms with Crippen molar-refractivity contribution < 1.29 is 24.5 Å². The molecule has 1 aliphatic heterocycles. The Bertz CT molecular complexity index is 454. The lowest BCUT2D eigenvalue weighted by atomic mass is 9.75. The Morgan fingerprint density at radius 3 is 2.43 bits per heavy atom. The first-order chi connectivity index (χ1) is 10.8. The molecule has 0 bridgehead atoms. The summed E-state index contributed by atoms with van der Waals surface area (Å²) in [5.74, 6) is 0.108. The standard InChI is InChI=1S/C17H29NO5/c1-16(2,3)18(15(20)21)12-4-5-13-11(8-12)9-17(14(13)10-19)22-6-7-23-17/h11-14,19H,4-10H2,1-3H3,(H,20,21)/t11-,12?,13+,14-/m0/s1. The van der Waals surface area contributed by atoms with Crippen molar-refractivity contribution in [1.29, 1.82) is 0 Å². The van der Waals surface area contributed by atoms with Crippen molar-refractivity contribution >= 4 is 6.09 Å². The van der Waals surface area contributed by atoms with Crippen LogP contribution in [0.25, 0.3) is 0 Å². The first-order valence-corrected chi connectivity index (χ1v) is 8.69. The van der Waals surface area contributed by atoms with E-state index in [0.29, 0.717) is 25.0 Å². The Balaban J connectivity index is 1.77. The Morgan fingerprint density at radius 2 is 1.91 bits per heavy atom. The van der Waals surface area contributed by atoms with Gasteiger partial charge in [-0.05, 0) is 51.9 Å². The fourth-order valence-corrected chi connectivity index (χ4v) is 5.17. The molecule has 132 valence electrons. The molecule has 3 rings (SSSR count). The SMILES string of the molecule is CC(C)(C)N(C(=O)O)C1CC[C@@H]2[C@@H](C1)CC1(OCCO1)[C@H]2CO. The first-order valence-electron chi connectivity index (χ1n) is 8.69. The van der Waals surface area contributed by atoms with Gasteiger partial charge >= 0.3 is 6.09 Å². The molecule has 1 saturated heterocycles. The number of carboxylic acid groups (broad SMARTS) is 1. The van der Waals surface area contributed by atoms with Gasteiger partial charge < -0.3 is 24.6 Å². The fourth-order valence-electron chi connectivity index (χ4n) is 5.17. The second-order valence-corrected chi connectivity index (χ2v) is 8.22. The highest BCUT2D eigenvalue weighted by molar-refractivity contribution is 5.66. The molecule has 3 aliphatic rings. The van der Waals surface area contributed by atoms with E-state index in [0.717, 1.165) is 25.7 Å². The van der Waals surface area contributed by atoms with E-state index >= 15 is 0 Å². The molecular formula is C17H29NO5. The third-order valence-electron chi connectivity index (χ3n) is 5.91. The Kier molecular flexibility index (Phi) is 4.36. The summed E-state index contributed by atoms with van der Waals surface area (Å²) in [4.78, 5) is 13.4. The minimum absolute atomic E-state index is 0.0175. The molecule has 0 aromatic carbocycles. The molecule has 1 amide bonds. The van der Waals surface area contributed by atoms with Gasteiger partial charge in [-0.2, -0.15) is 0 Å². The van der Waals surface area contributed by atoms with E-state index in [2.05, 4.69) is 0 Å². The maximum atomic E-state index is 11.7. The molecule has 4 atom stereocenters. The summed E-state index contributed by atoms with van der Waals surface area (Å²) in [6.45, 7) is 7.09. The van der Waals surface area contributed by atoms with Gasteiger partial charge in [0.2, 0.25) is 0 Å². The van der Waals surface area contributed by atoms with Crippen LogP contribution in [-0.2, 0) is 9.47 Å². The molecular weight excluding hydrogens is 298 g/mol. The second-order valence-electron chi connectivity index (χ2n) is 8.22. The summed E-state index contributed by atoms with van der Waals surface area (Å²) in [6, 6.07) is 0.0321. The van der Waals surface area contributed by atoms with Gasteiger partial charge in [-0.25, -0.2) is 4.79 Å². The van der Waals surface area contributed by atoms with Crippen molar-refractivity contribution in [3.8, 4) is 0 Å². The van der Waals surface area contributed by atoms with Gasteiger partial charge in [0, 0.05) is 23.9 Å². The molecule has 1 unspecified atom stereocenters. The first kappa shape index (κ1) is 17.0. The summed E-state index contributed by atoms with van der Waals surface area (Å²) in [5.41, 5.74) is -0.406. The van der Waals surface area contributed by atoms with Crippen LogP contribution in [0.5, 0.6) is 0 Å². The predicted molar refractivity (Wildman–Crippen MR) is 84.1 cm³/mol. The zero-order valence-electron chi connectivity index (χ0n) is 14.3. The highest BCUT2D eigenvalue weighted by atomic mass is 16.7. The van der Waals surface area contributed by atoms with Crippen LogP contribution in [0, 0.1) is 17.8 Å². The summed E-state index contributed by atoms with van der Waals surface area (Å²) in [6.07, 6.45) is 2.53. The average Bonchev–Trinajstić information content (AvgIpc) is 3.01. The average molecular weight is 327 g/mol. The monoisotopic (exact) mass is 327 g/mol. The van der Waals surface area contributed by atoms with Crippen LogP contribution >= 0.6 is 0 Å². The summed E-state index contributed by atoms with van der Waals surface area (Å²) >= 11 is 0. The molecule has 2 saturated carbocycles. The maximum Gasteiger partial charge on any atom is 0.407 e. The van der Waals surface area contributed by atoms with Crippen LogP contribution in [0.15, 0.2) is 0 Å². The van der Waals surface area contributed by atoms with Crippen LogP contribution in [-0.4, -0.2) is 58.4 Å². The van der Waals surface area contributed by atoms with Crippen molar-refractivity contribution in [2.45, 2.75) is 63.8 Å². The van der Waals surface area contributed by atoms with Gasteiger partial charge in [-0.1, -0.05) is 0 Å². The number of hydrogen-bond acceptors (Lipinski definition) is 4. The summed E-state index contributed by atoms with van der Waals surface area (Å²) in [5, 5.41) is 19.5. The number of nitrogens with zero attached hydrogens (tertiary/aromatic N) is 1. The molecule has 6 nitrogen and oxygen atoms in total. The molecule has 1 heterocycles. The molecule has 1 spiro atoms. The van der Waals surface area contributed by atoms with Gasteiger partial charge in [-0.3, -0.25) is 0 Å². The molecule has 23 heavy (non-hydrogen) atoms. The van der Waals surface area contributed by atoms with E-state index in [1.54, 1.807) is 4.90 Å². The van der Waals surface area contributed by atoms with Crippen molar-refractivity contribution in [2.24, 2.45) is 17.8 Å². The van der Waals surface area contributed by atoms with Crippen LogP contribution in [0.4, 0.5) is 4.79 Å². The quantitative estimate of drug-likeness (QED) is 0.813. The lowest BCUT2D eigenvalue weighted by molar-refractivity contribution is -0.194. The minimum Gasteiger partial charge on any atom is -0.465 e. The van der Waals surface area contributed by atoms with Gasteiger partial charge in [-0.15, -0.1) is 0 Å². The van der Waals surface area contributed by atoms with Gasteiger partial charge in [0.05, 0.1) is 19.8 Å². The highest BCUT2D eigenvalue weighted by Gasteiger charge is 2.58. The predicted octanol–water partition coefficient (Wildman–Crippen LogP) is 2.31. The number of rotatable bonds is 2. The molecule has 0 radical (unpaired) electrons. The molecule has 0 aromatic heterocycles. The second kappa shape index (κ2) is 5.90. The number of hydrogen-bond donors (Lipinski definition) is 2. The van der Waals surface area contributed by atoms with Crippen LogP contribution in [0.2, 0.25) is 0 Å². The topological polar surface area (TPSA) is 79.2 Å². The molecule has 3 fully saturated rings. The van der Waals surface area contributed by atoms with E-state index in [1.807, 2.05) is 20.8 Å². The van der Waals surface area contributed by atoms with Gasteiger partial charge in [0.1, 0.15) is 0 Å². The van der Waals surface area contributed by atoms with Gasteiger partial charge in [0.15, 0.2) is 5.79 Å². The number of amides is 1. The van der Waals surface area contributed by atoms with Crippen molar-refractivity contribution in [3.05, 3.63) is 0 Å². The number of ether oxygens (including phenoxy) is 2. The van der Waals surface area contributed by atoms with Crippen LogP contribution in [0.3, 0.4) is 0 Å². The lowest BCUT2D eigenvalue weighted by Crippen LogP contribution is -2.53. The van der Waals surface area contributed by atoms with Crippen LogP contribution < -0.4 is 0 Å². The number of aliphatic hydroxyl groups excluding tert-OH is 1. The highest BCUT2D eigenvalue weighted by Crippen LogP contribution is 2.54. The normalized spacial score (nSPS) is 36.2.